The smallest absolute Gasteiger partial charge is 0.331 e. The molecule has 0 amide bonds. The molecule has 0 atom stereocenters. The van der Waals surface area contributed by atoms with E-state index < -0.39 is 5.97 Å². The molecule has 7 heteroatoms. The first-order valence-corrected chi connectivity index (χ1v) is 10.0. The molecule has 0 N–H and O–H groups in total. The second-order valence-corrected chi connectivity index (χ2v) is 7.53. The van der Waals surface area contributed by atoms with Crippen LogP contribution >= 0.6 is 0 Å². The number of ether oxygens (including phenoxy) is 3. The van der Waals surface area contributed by atoms with E-state index in [1.54, 1.807) is 37.6 Å². The summed E-state index contributed by atoms with van der Waals surface area (Å²) in [4.78, 5) is 28.8. The fraction of sp³-hybridized carbons (Fsp3) is 0.292. The number of nitrogens with zero attached hydrogens (tertiary/aromatic N) is 2. The average Bonchev–Trinajstić information content (AvgIpc) is 2.75. The molecule has 0 aliphatic heterocycles. The third kappa shape index (κ3) is 5.72. The van der Waals surface area contributed by atoms with Crippen molar-refractivity contribution in [2.24, 2.45) is 5.92 Å². The van der Waals surface area contributed by atoms with Crippen LogP contribution in [0.4, 0.5) is 0 Å². The second kappa shape index (κ2) is 9.93. The number of fused-ring (bicyclic) bond motifs is 1. The molecule has 162 valence electrons. The van der Waals surface area contributed by atoms with Crippen LogP contribution in [0.15, 0.2) is 53.5 Å². The number of benzene rings is 1. The minimum Gasteiger partial charge on any atom is -0.493 e. The summed E-state index contributed by atoms with van der Waals surface area (Å²) in [6.07, 6.45) is 4.61. The molecule has 31 heavy (non-hydrogen) atoms. The van der Waals surface area contributed by atoms with Gasteiger partial charge in [0.15, 0.2) is 11.5 Å². The third-order valence-electron chi connectivity index (χ3n) is 4.47. The minimum atomic E-state index is -0.536. The Hall–Kier alpha value is -3.61. The van der Waals surface area contributed by atoms with Crippen LogP contribution in [0.2, 0.25) is 0 Å². The zero-order chi connectivity index (χ0) is 22.4. The molecule has 3 rings (SSSR count). The van der Waals surface area contributed by atoms with Crippen LogP contribution in [0.1, 0.15) is 30.7 Å². The summed E-state index contributed by atoms with van der Waals surface area (Å²) in [5.41, 5.74) is 2.35. The molecular weight excluding hydrogens is 396 g/mol. The summed E-state index contributed by atoms with van der Waals surface area (Å²) in [6.45, 7) is 6.51. The van der Waals surface area contributed by atoms with E-state index in [2.05, 4.69) is 18.8 Å². The van der Waals surface area contributed by atoms with Crippen LogP contribution in [-0.2, 0) is 16.1 Å². The Morgan fingerprint density at radius 3 is 2.74 bits per heavy atom. The largest absolute Gasteiger partial charge is 0.493 e. The van der Waals surface area contributed by atoms with Gasteiger partial charge in [0, 0.05) is 18.3 Å². The van der Waals surface area contributed by atoms with Crippen molar-refractivity contribution in [3.8, 4) is 11.5 Å². The summed E-state index contributed by atoms with van der Waals surface area (Å²) in [7, 11) is 1.57. The van der Waals surface area contributed by atoms with E-state index in [9.17, 15) is 9.59 Å². The number of methoxy groups -OCH3 is 1. The topological polar surface area (TPSA) is 79.1 Å². The Balaban J connectivity index is 1.65. The van der Waals surface area contributed by atoms with Crippen LogP contribution in [0.25, 0.3) is 11.7 Å². The molecule has 0 unspecified atom stereocenters. The van der Waals surface area contributed by atoms with Gasteiger partial charge < -0.3 is 14.2 Å². The molecule has 7 nitrogen and oxygen atoms in total. The maximum absolute atomic E-state index is 12.2. The van der Waals surface area contributed by atoms with Gasteiger partial charge in [-0.25, -0.2) is 9.78 Å². The van der Waals surface area contributed by atoms with Crippen molar-refractivity contribution < 1.29 is 19.0 Å². The van der Waals surface area contributed by atoms with Gasteiger partial charge in [-0.2, -0.15) is 0 Å². The van der Waals surface area contributed by atoms with E-state index in [-0.39, 0.29) is 12.2 Å². The molecule has 0 spiro atoms. The average molecular weight is 422 g/mol. The fourth-order valence-electron chi connectivity index (χ4n) is 2.90. The van der Waals surface area contributed by atoms with Crippen molar-refractivity contribution in [1.82, 2.24) is 9.38 Å². The van der Waals surface area contributed by atoms with Gasteiger partial charge in [0.25, 0.3) is 5.56 Å². The Bertz CT molecular complexity index is 1160. The Kier molecular flexibility index (Phi) is 7.07. The number of hydrogen-bond acceptors (Lipinski definition) is 6. The summed E-state index contributed by atoms with van der Waals surface area (Å²) in [5.74, 6) is 1.11. The normalized spacial score (nSPS) is 11.3. The highest BCUT2D eigenvalue weighted by atomic mass is 16.5. The highest BCUT2D eigenvalue weighted by Gasteiger charge is 2.08. The highest BCUT2D eigenvalue weighted by Crippen LogP contribution is 2.29. The zero-order valence-corrected chi connectivity index (χ0v) is 18.1. The lowest BCUT2D eigenvalue weighted by Gasteiger charge is -2.12. The Morgan fingerprint density at radius 2 is 2.00 bits per heavy atom. The molecule has 0 bridgehead atoms. The number of carbonyl (C=O) groups excluding carboxylic acids is 1. The molecule has 0 radical (unpaired) electrons. The summed E-state index contributed by atoms with van der Waals surface area (Å²) >= 11 is 0. The van der Waals surface area contributed by atoms with Crippen LogP contribution in [-0.4, -0.2) is 29.1 Å². The van der Waals surface area contributed by atoms with Gasteiger partial charge >= 0.3 is 5.97 Å². The van der Waals surface area contributed by atoms with Crippen molar-refractivity contribution in [3.63, 3.8) is 0 Å². The van der Waals surface area contributed by atoms with Gasteiger partial charge in [-0.15, -0.1) is 0 Å². The van der Waals surface area contributed by atoms with Gasteiger partial charge in [0.05, 0.1) is 19.4 Å². The van der Waals surface area contributed by atoms with Gasteiger partial charge in [-0.05, 0) is 48.2 Å². The van der Waals surface area contributed by atoms with E-state index in [1.807, 2.05) is 19.1 Å². The maximum Gasteiger partial charge on any atom is 0.331 e. The van der Waals surface area contributed by atoms with E-state index >= 15 is 0 Å². The first-order chi connectivity index (χ1) is 14.9. The lowest BCUT2D eigenvalue weighted by atomic mass is 10.2. The minimum absolute atomic E-state index is 0.0887. The molecule has 0 fully saturated rings. The monoisotopic (exact) mass is 422 g/mol. The molecule has 0 aliphatic rings. The molecule has 0 saturated carbocycles. The molecule has 3 aromatic rings. The number of aromatic nitrogens is 2. The molecule has 0 saturated heterocycles. The number of rotatable bonds is 8. The van der Waals surface area contributed by atoms with Gasteiger partial charge in [-0.1, -0.05) is 26.0 Å². The molecule has 2 heterocycles. The Morgan fingerprint density at radius 1 is 1.19 bits per heavy atom. The lowest BCUT2D eigenvalue weighted by molar-refractivity contribution is -0.139. The van der Waals surface area contributed by atoms with Gasteiger partial charge in [0.1, 0.15) is 12.3 Å². The third-order valence-corrected chi connectivity index (χ3v) is 4.47. The van der Waals surface area contributed by atoms with Crippen molar-refractivity contribution in [1.29, 1.82) is 0 Å². The highest BCUT2D eigenvalue weighted by molar-refractivity contribution is 5.87. The predicted molar refractivity (Wildman–Crippen MR) is 118 cm³/mol. The molecule has 1 aromatic carbocycles. The zero-order valence-electron chi connectivity index (χ0n) is 18.1. The van der Waals surface area contributed by atoms with Crippen LogP contribution in [0.3, 0.4) is 0 Å². The number of hydrogen-bond donors (Lipinski definition) is 0. The maximum atomic E-state index is 12.2. The molecule has 0 aliphatic carbocycles. The van der Waals surface area contributed by atoms with Crippen LogP contribution in [0.5, 0.6) is 11.5 Å². The van der Waals surface area contributed by atoms with Gasteiger partial charge in [0.2, 0.25) is 0 Å². The predicted octanol–water partition coefficient (Wildman–Crippen LogP) is 3.80. The lowest BCUT2D eigenvalue weighted by Crippen LogP contribution is -2.17. The van der Waals surface area contributed by atoms with E-state index in [0.29, 0.717) is 35.4 Å². The first-order valence-electron chi connectivity index (χ1n) is 10.0. The van der Waals surface area contributed by atoms with Crippen LogP contribution in [0, 0.1) is 12.8 Å². The number of pyridine rings is 1. The van der Waals surface area contributed by atoms with Crippen molar-refractivity contribution in [2.75, 3.05) is 13.7 Å². The van der Waals surface area contributed by atoms with Gasteiger partial charge in [-0.3, -0.25) is 9.20 Å². The Labute approximate surface area is 180 Å². The standard InChI is InChI=1S/C24H26N2O5/c1-16(2)14-30-20-9-7-18(12-21(20)29-4)8-10-23(28)31-15-19-13-22(27)26-11-5-6-17(3)24(26)25-19/h5-13,16H,14-15H2,1-4H3/b10-8+. The second-order valence-electron chi connectivity index (χ2n) is 7.53. The number of esters is 1. The summed E-state index contributed by atoms with van der Waals surface area (Å²) in [6, 6.07) is 10.4. The van der Waals surface area contributed by atoms with Crippen LogP contribution < -0.4 is 15.0 Å². The quantitative estimate of drug-likeness (QED) is 0.406. The van der Waals surface area contributed by atoms with Crippen molar-refractivity contribution >= 4 is 17.7 Å². The van der Waals surface area contributed by atoms with Crippen molar-refractivity contribution in [2.45, 2.75) is 27.4 Å². The SMILES string of the molecule is COc1cc(/C=C/C(=O)OCc2cc(=O)n3cccc(C)c3n2)ccc1OCC(C)C. The summed E-state index contributed by atoms with van der Waals surface area (Å²) in [5, 5.41) is 0. The number of carbonyl (C=O) groups is 1. The van der Waals surface area contributed by atoms with Crippen molar-refractivity contribution in [3.05, 3.63) is 75.8 Å². The molecular formula is C24H26N2O5. The molecule has 2 aromatic heterocycles. The number of aryl methyl sites for hydroxylation is 1. The fourth-order valence-corrected chi connectivity index (χ4v) is 2.90. The summed E-state index contributed by atoms with van der Waals surface area (Å²) < 4.78 is 17.8. The van der Waals surface area contributed by atoms with E-state index in [4.69, 9.17) is 14.2 Å². The van der Waals surface area contributed by atoms with E-state index in [1.165, 1.54) is 16.5 Å². The van der Waals surface area contributed by atoms with E-state index in [0.717, 1.165) is 11.1 Å². The first kappa shape index (κ1) is 22.1.